The van der Waals surface area contributed by atoms with E-state index in [1.54, 1.807) is 0 Å². The van der Waals surface area contributed by atoms with Crippen molar-refractivity contribution < 1.29 is 4.42 Å². The van der Waals surface area contributed by atoms with Crippen LogP contribution in [0.3, 0.4) is 0 Å². The van der Waals surface area contributed by atoms with E-state index in [0.717, 1.165) is 33.3 Å². The fourth-order valence-corrected chi connectivity index (χ4v) is 14.8. The van der Waals surface area contributed by atoms with Crippen molar-refractivity contribution in [3.63, 3.8) is 0 Å². The van der Waals surface area contributed by atoms with Gasteiger partial charge in [0.25, 0.3) is 0 Å². The monoisotopic (exact) mass is 947 g/mol. The molecule has 3 aliphatic rings. The van der Waals surface area contributed by atoms with E-state index in [4.69, 9.17) is 4.42 Å². The van der Waals surface area contributed by atoms with E-state index >= 15 is 0 Å². The van der Waals surface area contributed by atoms with Crippen LogP contribution in [0.5, 0.6) is 0 Å². The largest absolute Gasteiger partial charge is 0.456 e. The van der Waals surface area contributed by atoms with Crippen LogP contribution in [0.1, 0.15) is 47.2 Å². The molecule has 0 amide bonds. The van der Waals surface area contributed by atoms with Crippen LogP contribution in [0.2, 0.25) is 0 Å². The van der Waals surface area contributed by atoms with Gasteiger partial charge in [-0.1, -0.05) is 196 Å². The first-order chi connectivity index (χ1) is 36.0. The summed E-state index contributed by atoms with van der Waals surface area (Å²) in [6.07, 6.45) is 0. The molecule has 0 radical (unpaired) electrons. The summed E-state index contributed by atoms with van der Waals surface area (Å²) in [7, 11) is 0. The lowest BCUT2D eigenvalue weighted by molar-refractivity contribution is 0.660. The van der Waals surface area contributed by atoms with Gasteiger partial charge < -0.3 is 9.32 Å². The molecule has 2 heterocycles. The molecule has 3 aliphatic carbocycles. The first kappa shape index (κ1) is 40.9. The number of hydrogen-bond donors (Lipinski definition) is 0. The van der Waals surface area contributed by atoms with Crippen LogP contribution in [0, 0.1) is 0 Å². The summed E-state index contributed by atoms with van der Waals surface area (Å²) in [5, 5.41) is 4.89. The van der Waals surface area contributed by atoms with Crippen molar-refractivity contribution in [2.75, 3.05) is 4.90 Å². The lowest BCUT2D eigenvalue weighted by Gasteiger charge is -2.33. The third kappa shape index (κ3) is 5.47. The smallest absolute Gasteiger partial charge is 0.135 e. The molecule has 1 atom stereocenters. The SMILES string of the molecule is CC1(C)c2ccccc2-c2c(N(c3ccc(-c4ccccc4)cc3)c3ccc4c(c3)C3(c5cc6oc7ccccc7c6cc5-4)c4ccccc4-c4c(-c5cccc6c5sc5ccccc56)cccc43)cccc21. The molecule has 2 nitrogen and oxygen atoms in total. The van der Waals surface area contributed by atoms with Crippen LogP contribution in [-0.4, -0.2) is 0 Å². The molecule has 0 saturated carbocycles. The maximum Gasteiger partial charge on any atom is 0.135 e. The minimum Gasteiger partial charge on any atom is -0.456 e. The summed E-state index contributed by atoms with van der Waals surface area (Å²) >= 11 is 1.90. The van der Waals surface area contributed by atoms with Crippen molar-refractivity contribution in [3.8, 4) is 55.6 Å². The molecule has 3 heteroatoms. The van der Waals surface area contributed by atoms with Gasteiger partial charge in [-0.05, 0) is 132 Å². The number of benzene rings is 11. The predicted octanol–water partition coefficient (Wildman–Crippen LogP) is 19.4. The van der Waals surface area contributed by atoms with Crippen LogP contribution < -0.4 is 4.90 Å². The second-order valence-corrected chi connectivity index (χ2v) is 21.7. The van der Waals surface area contributed by atoms with Gasteiger partial charge in [0.2, 0.25) is 0 Å². The molecule has 0 aliphatic heterocycles. The number of thiophene rings is 1. The zero-order valence-corrected chi connectivity index (χ0v) is 41.1. The highest BCUT2D eigenvalue weighted by molar-refractivity contribution is 7.26. The van der Waals surface area contributed by atoms with E-state index in [1.807, 2.05) is 11.3 Å². The highest BCUT2D eigenvalue weighted by Crippen LogP contribution is 2.66. The molecule has 73 heavy (non-hydrogen) atoms. The first-order valence-corrected chi connectivity index (χ1v) is 26.2. The summed E-state index contributed by atoms with van der Waals surface area (Å²) in [6, 6.07) is 88.5. The molecular formula is C70H45NOS. The molecular weight excluding hydrogens is 903 g/mol. The van der Waals surface area contributed by atoms with Gasteiger partial charge in [0.05, 0.1) is 11.1 Å². The summed E-state index contributed by atoms with van der Waals surface area (Å²) in [5.74, 6) is 0. The Morgan fingerprint density at radius 1 is 0.356 bits per heavy atom. The molecule has 0 N–H and O–H groups in total. The Morgan fingerprint density at radius 2 is 0.973 bits per heavy atom. The lowest BCUT2D eigenvalue weighted by Crippen LogP contribution is -2.26. The molecule has 1 spiro atoms. The average molecular weight is 948 g/mol. The number of anilines is 3. The molecule has 0 saturated heterocycles. The normalized spacial score (nSPS) is 15.4. The maximum atomic E-state index is 6.83. The first-order valence-electron chi connectivity index (χ1n) is 25.4. The summed E-state index contributed by atoms with van der Waals surface area (Å²) < 4.78 is 9.46. The van der Waals surface area contributed by atoms with E-state index < -0.39 is 5.41 Å². The van der Waals surface area contributed by atoms with Crippen molar-refractivity contribution >= 4 is 70.5 Å². The van der Waals surface area contributed by atoms with Gasteiger partial charge in [0.1, 0.15) is 11.2 Å². The second kappa shape index (κ2) is 14.9. The number of rotatable bonds is 5. The van der Waals surface area contributed by atoms with Crippen molar-refractivity contribution in [2.45, 2.75) is 24.7 Å². The second-order valence-electron chi connectivity index (χ2n) is 20.6. The van der Waals surface area contributed by atoms with Gasteiger partial charge in [0, 0.05) is 58.9 Å². The van der Waals surface area contributed by atoms with E-state index in [2.05, 4.69) is 255 Å². The van der Waals surface area contributed by atoms with Crippen molar-refractivity contribution in [1.82, 2.24) is 0 Å². The molecule has 0 fully saturated rings. The zero-order valence-electron chi connectivity index (χ0n) is 40.3. The van der Waals surface area contributed by atoms with Crippen LogP contribution in [0.15, 0.2) is 241 Å². The average Bonchev–Trinajstić information content (AvgIpc) is 4.22. The Kier molecular flexibility index (Phi) is 8.35. The lowest BCUT2D eigenvalue weighted by atomic mass is 9.70. The van der Waals surface area contributed by atoms with Crippen molar-refractivity contribution in [1.29, 1.82) is 0 Å². The van der Waals surface area contributed by atoms with E-state index in [-0.39, 0.29) is 5.41 Å². The standard InChI is InChI=1S/C70H45NOS/c1-69(2)56-26-10-6-21-52(56)67-58(69)28-16-30-62(67)71(44-35-33-43(34-36-44)42-17-4-3-5-18-42)45-37-38-46-54-40-55-47-19-8-12-31-63(47)72-64(55)41-61(54)70(60(46)39-45)57-27-11-7-22-53(57)66-49(23-15-29-59(66)70)51-25-14-24-50-48-20-9-13-32-65(48)73-68(50)51/h3-41H,1-2H3. The highest BCUT2D eigenvalue weighted by Gasteiger charge is 2.53. The molecule has 11 aromatic carbocycles. The maximum absolute atomic E-state index is 6.83. The number of nitrogens with zero attached hydrogens (tertiary/aromatic N) is 1. The van der Waals surface area contributed by atoms with Gasteiger partial charge in [-0.25, -0.2) is 0 Å². The Bertz CT molecular complexity index is 4480. The van der Waals surface area contributed by atoms with E-state index in [0.29, 0.717) is 0 Å². The van der Waals surface area contributed by atoms with E-state index in [9.17, 15) is 0 Å². The van der Waals surface area contributed by atoms with Crippen LogP contribution in [-0.2, 0) is 10.8 Å². The van der Waals surface area contributed by atoms with E-state index in [1.165, 1.54) is 115 Å². The van der Waals surface area contributed by atoms with Crippen LogP contribution >= 0.6 is 11.3 Å². The fourth-order valence-electron chi connectivity index (χ4n) is 13.5. The Labute approximate surface area is 427 Å². The third-order valence-electron chi connectivity index (χ3n) is 16.7. The van der Waals surface area contributed by atoms with Gasteiger partial charge in [-0.2, -0.15) is 0 Å². The van der Waals surface area contributed by atoms with Crippen LogP contribution in [0.25, 0.3) is 97.7 Å². The summed E-state index contributed by atoms with van der Waals surface area (Å²) in [4.78, 5) is 2.53. The molecule has 16 rings (SSSR count). The molecule has 2 aromatic heterocycles. The minimum absolute atomic E-state index is 0.162. The van der Waals surface area contributed by atoms with Gasteiger partial charge in [-0.15, -0.1) is 11.3 Å². The Hall–Kier alpha value is -8.76. The molecule has 13 aromatic rings. The summed E-state index contributed by atoms with van der Waals surface area (Å²) in [5.41, 5.74) is 24.8. The number of furan rings is 1. The van der Waals surface area contributed by atoms with Gasteiger partial charge >= 0.3 is 0 Å². The highest BCUT2D eigenvalue weighted by atomic mass is 32.1. The minimum atomic E-state index is -0.667. The summed E-state index contributed by atoms with van der Waals surface area (Å²) in [6.45, 7) is 4.75. The number of fused-ring (bicyclic) bond motifs is 19. The fraction of sp³-hybridized carbons (Fsp3) is 0.0571. The predicted molar refractivity (Wildman–Crippen MR) is 306 cm³/mol. The quantitative estimate of drug-likeness (QED) is 0.171. The molecule has 0 bridgehead atoms. The zero-order chi connectivity index (χ0) is 48.2. The number of para-hydroxylation sites is 1. The van der Waals surface area contributed by atoms with Gasteiger partial charge in [0.15, 0.2) is 0 Å². The molecule has 342 valence electrons. The topological polar surface area (TPSA) is 16.4 Å². The Balaban J connectivity index is 0.994. The van der Waals surface area contributed by atoms with Crippen molar-refractivity contribution in [3.05, 3.63) is 270 Å². The number of hydrogen-bond acceptors (Lipinski definition) is 3. The van der Waals surface area contributed by atoms with Crippen LogP contribution in [0.4, 0.5) is 17.1 Å². The van der Waals surface area contributed by atoms with Crippen molar-refractivity contribution in [2.24, 2.45) is 0 Å². The molecule has 1 unspecified atom stereocenters. The Morgan fingerprint density at radius 3 is 1.84 bits per heavy atom. The third-order valence-corrected chi connectivity index (χ3v) is 17.9. The van der Waals surface area contributed by atoms with Gasteiger partial charge in [-0.3, -0.25) is 0 Å².